The molecule has 0 fully saturated rings. The van der Waals surface area contributed by atoms with E-state index in [9.17, 15) is 0 Å². The van der Waals surface area contributed by atoms with Crippen LogP contribution >= 0.6 is 0 Å². The maximum atomic E-state index is 5.56. The smallest absolute Gasteiger partial charge is 0.222 e. The standard InChI is InChI=1S/C21H24N4O3/c1-4-28-16-8-5-14(6-9-16)17-12-18(25-21(24-17)22-13-23-25)15-7-10-19(26-2)20(11-15)27-3/h5-11,13,17-18H,4,12H2,1-3H3,(H,22,23,24)/t17-,18-/m1/s1. The Morgan fingerprint density at radius 3 is 2.50 bits per heavy atom. The van der Waals surface area contributed by atoms with Gasteiger partial charge < -0.3 is 19.5 Å². The summed E-state index contributed by atoms with van der Waals surface area (Å²) in [6, 6.07) is 14.4. The maximum absolute atomic E-state index is 5.56. The third-order valence-corrected chi connectivity index (χ3v) is 5.02. The van der Waals surface area contributed by atoms with Gasteiger partial charge in [0, 0.05) is 0 Å². The number of hydrogen-bond acceptors (Lipinski definition) is 6. The van der Waals surface area contributed by atoms with Gasteiger partial charge in [0.2, 0.25) is 5.95 Å². The van der Waals surface area contributed by atoms with Crippen molar-refractivity contribution in [2.45, 2.75) is 25.4 Å². The Balaban J connectivity index is 1.66. The lowest BCUT2D eigenvalue weighted by atomic mass is 9.93. The number of nitrogens with zero attached hydrogens (tertiary/aromatic N) is 3. The van der Waals surface area contributed by atoms with Gasteiger partial charge in [-0.15, -0.1) is 0 Å². The molecule has 2 atom stereocenters. The van der Waals surface area contributed by atoms with Gasteiger partial charge in [0.1, 0.15) is 12.1 Å². The summed E-state index contributed by atoms with van der Waals surface area (Å²) in [6.45, 7) is 2.64. The van der Waals surface area contributed by atoms with E-state index in [0.29, 0.717) is 18.1 Å². The highest BCUT2D eigenvalue weighted by Crippen LogP contribution is 2.40. The molecule has 2 heterocycles. The number of hydrogen-bond donors (Lipinski definition) is 1. The van der Waals surface area contributed by atoms with Crippen molar-refractivity contribution >= 4 is 5.95 Å². The fourth-order valence-corrected chi connectivity index (χ4v) is 3.64. The molecule has 0 saturated heterocycles. The summed E-state index contributed by atoms with van der Waals surface area (Å²) in [4.78, 5) is 4.39. The van der Waals surface area contributed by atoms with E-state index < -0.39 is 0 Å². The number of benzene rings is 2. The van der Waals surface area contributed by atoms with Crippen LogP contribution in [-0.2, 0) is 0 Å². The van der Waals surface area contributed by atoms with Crippen LogP contribution in [0.2, 0.25) is 0 Å². The molecule has 0 saturated carbocycles. The van der Waals surface area contributed by atoms with Gasteiger partial charge in [-0.3, -0.25) is 0 Å². The molecule has 7 heteroatoms. The molecule has 0 radical (unpaired) electrons. The van der Waals surface area contributed by atoms with Crippen LogP contribution in [0.15, 0.2) is 48.8 Å². The predicted octanol–water partition coefficient (Wildman–Crippen LogP) is 3.84. The first-order valence-electron chi connectivity index (χ1n) is 9.34. The van der Waals surface area contributed by atoms with Crippen LogP contribution in [0, 0.1) is 0 Å². The minimum Gasteiger partial charge on any atom is -0.494 e. The average molecular weight is 380 g/mol. The SMILES string of the molecule is CCOc1ccc([C@H]2C[C@H](c3ccc(OC)c(OC)c3)n3ncnc3N2)cc1. The van der Waals surface area contributed by atoms with Gasteiger partial charge in [0.15, 0.2) is 11.5 Å². The maximum Gasteiger partial charge on any atom is 0.222 e. The summed E-state index contributed by atoms with van der Waals surface area (Å²) in [5.41, 5.74) is 2.28. The van der Waals surface area contributed by atoms with Crippen LogP contribution in [0.3, 0.4) is 0 Å². The van der Waals surface area contributed by atoms with E-state index in [1.807, 2.05) is 35.9 Å². The summed E-state index contributed by atoms with van der Waals surface area (Å²) in [5, 5.41) is 7.92. The fraction of sp³-hybridized carbons (Fsp3) is 0.333. The first-order valence-corrected chi connectivity index (χ1v) is 9.34. The van der Waals surface area contributed by atoms with Crippen molar-refractivity contribution in [1.82, 2.24) is 14.8 Å². The molecule has 0 spiro atoms. The zero-order valence-corrected chi connectivity index (χ0v) is 16.3. The van der Waals surface area contributed by atoms with Gasteiger partial charge in [-0.05, 0) is 48.7 Å². The van der Waals surface area contributed by atoms with Crippen LogP contribution < -0.4 is 19.5 Å². The second-order valence-corrected chi connectivity index (χ2v) is 6.59. The highest BCUT2D eigenvalue weighted by molar-refractivity contribution is 5.46. The van der Waals surface area contributed by atoms with Crippen molar-refractivity contribution in [2.24, 2.45) is 0 Å². The molecule has 28 heavy (non-hydrogen) atoms. The fourth-order valence-electron chi connectivity index (χ4n) is 3.64. The van der Waals surface area contributed by atoms with E-state index >= 15 is 0 Å². The number of methoxy groups -OCH3 is 2. The van der Waals surface area contributed by atoms with Crippen LogP contribution in [0.5, 0.6) is 17.2 Å². The molecule has 1 aromatic heterocycles. The summed E-state index contributed by atoms with van der Waals surface area (Å²) < 4.78 is 18.3. The number of ether oxygens (including phenoxy) is 3. The van der Waals surface area contributed by atoms with Crippen molar-refractivity contribution in [2.75, 3.05) is 26.1 Å². The van der Waals surface area contributed by atoms with E-state index in [4.69, 9.17) is 14.2 Å². The number of nitrogens with one attached hydrogen (secondary N) is 1. The Bertz CT molecular complexity index is 939. The van der Waals surface area contributed by atoms with Gasteiger partial charge in [-0.1, -0.05) is 18.2 Å². The molecule has 0 bridgehead atoms. The van der Waals surface area contributed by atoms with Crippen molar-refractivity contribution < 1.29 is 14.2 Å². The minimum absolute atomic E-state index is 0.0372. The van der Waals surface area contributed by atoms with Crippen molar-refractivity contribution in [3.63, 3.8) is 0 Å². The van der Waals surface area contributed by atoms with Gasteiger partial charge in [0.05, 0.1) is 32.9 Å². The summed E-state index contributed by atoms with van der Waals surface area (Å²) in [6.07, 6.45) is 2.41. The number of anilines is 1. The monoisotopic (exact) mass is 380 g/mol. The Morgan fingerprint density at radius 1 is 1.04 bits per heavy atom. The van der Waals surface area contributed by atoms with Gasteiger partial charge >= 0.3 is 0 Å². The lowest BCUT2D eigenvalue weighted by Crippen LogP contribution is -2.28. The van der Waals surface area contributed by atoms with Crippen molar-refractivity contribution in [1.29, 1.82) is 0 Å². The van der Waals surface area contributed by atoms with Gasteiger partial charge in [0.25, 0.3) is 0 Å². The van der Waals surface area contributed by atoms with E-state index in [1.54, 1.807) is 20.5 Å². The first kappa shape index (κ1) is 18.2. The molecular weight excluding hydrogens is 356 g/mol. The zero-order chi connectivity index (χ0) is 19.5. The lowest BCUT2D eigenvalue weighted by Gasteiger charge is -2.32. The molecular formula is C21H24N4O3. The van der Waals surface area contributed by atoms with E-state index in [1.165, 1.54) is 5.56 Å². The third-order valence-electron chi connectivity index (χ3n) is 5.02. The Morgan fingerprint density at radius 2 is 1.79 bits per heavy atom. The molecule has 1 aliphatic rings. The predicted molar refractivity (Wildman–Crippen MR) is 106 cm³/mol. The molecule has 2 aromatic carbocycles. The van der Waals surface area contributed by atoms with Crippen LogP contribution in [0.25, 0.3) is 0 Å². The van der Waals surface area contributed by atoms with Crippen molar-refractivity contribution in [3.8, 4) is 17.2 Å². The molecule has 1 N–H and O–H groups in total. The second kappa shape index (κ2) is 7.80. The number of fused-ring (bicyclic) bond motifs is 1. The number of rotatable bonds is 6. The van der Waals surface area contributed by atoms with Crippen LogP contribution in [-0.4, -0.2) is 35.6 Å². The minimum atomic E-state index is 0.0372. The van der Waals surface area contributed by atoms with Gasteiger partial charge in [-0.25, -0.2) is 4.68 Å². The number of aromatic nitrogens is 3. The summed E-state index contributed by atoms with van der Waals surface area (Å²) in [7, 11) is 3.28. The van der Waals surface area contributed by atoms with Gasteiger partial charge in [-0.2, -0.15) is 10.1 Å². The van der Waals surface area contributed by atoms with E-state index in [-0.39, 0.29) is 12.1 Å². The average Bonchev–Trinajstić information content (AvgIpc) is 3.22. The Labute approximate surface area is 164 Å². The highest BCUT2D eigenvalue weighted by atomic mass is 16.5. The van der Waals surface area contributed by atoms with Crippen molar-refractivity contribution in [3.05, 3.63) is 59.9 Å². The van der Waals surface area contributed by atoms with Crippen LogP contribution in [0.1, 0.15) is 36.6 Å². The van der Waals surface area contributed by atoms with E-state index in [2.05, 4.69) is 33.6 Å². The Kier molecular flexibility index (Phi) is 5.06. The lowest BCUT2D eigenvalue weighted by molar-refractivity contribution is 0.340. The second-order valence-electron chi connectivity index (χ2n) is 6.59. The zero-order valence-electron chi connectivity index (χ0n) is 16.3. The third kappa shape index (κ3) is 3.35. The molecule has 1 aliphatic heterocycles. The summed E-state index contributed by atoms with van der Waals surface area (Å²) >= 11 is 0. The largest absolute Gasteiger partial charge is 0.494 e. The molecule has 3 aromatic rings. The Hall–Kier alpha value is -3.22. The normalized spacial score (nSPS) is 18.1. The molecule has 4 rings (SSSR count). The molecule has 0 amide bonds. The highest BCUT2D eigenvalue weighted by Gasteiger charge is 2.30. The topological polar surface area (TPSA) is 70.4 Å². The quantitative estimate of drug-likeness (QED) is 0.701. The first-order chi connectivity index (χ1) is 13.7. The van der Waals surface area contributed by atoms with E-state index in [0.717, 1.165) is 23.7 Å². The molecule has 0 unspecified atom stereocenters. The van der Waals surface area contributed by atoms with Crippen LogP contribution in [0.4, 0.5) is 5.95 Å². The molecule has 146 valence electrons. The molecule has 0 aliphatic carbocycles. The summed E-state index contributed by atoms with van der Waals surface area (Å²) in [5.74, 6) is 3.05. The molecule has 7 nitrogen and oxygen atoms in total.